The first-order chi connectivity index (χ1) is 12.6. The molecule has 0 bridgehead atoms. The Morgan fingerprint density at radius 3 is 2.65 bits per heavy atom. The number of aromatic amines is 1. The Hall–Kier alpha value is -3.41. The van der Waals surface area contributed by atoms with Crippen LogP contribution < -0.4 is 5.32 Å². The van der Waals surface area contributed by atoms with Crippen LogP contribution in [0.3, 0.4) is 0 Å². The normalized spacial score (nSPS) is 12.2. The highest BCUT2D eigenvalue weighted by molar-refractivity contribution is 5.98. The monoisotopic (exact) mass is 348 g/mol. The third kappa shape index (κ3) is 2.97. The van der Waals surface area contributed by atoms with E-state index < -0.39 is 6.04 Å². The molecule has 4 rings (SSSR count). The summed E-state index contributed by atoms with van der Waals surface area (Å²) in [7, 11) is 1.86. The number of benzene rings is 2. The second-order valence-corrected chi connectivity index (χ2v) is 6.12. The number of amides is 1. The van der Waals surface area contributed by atoms with Gasteiger partial charge >= 0.3 is 0 Å². The van der Waals surface area contributed by atoms with E-state index in [0.29, 0.717) is 11.5 Å². The predicted molar refractivity (Wildman–Crippen MR) is 97.2 cm³/mol. The number of nitrogens with one attached hydrogen (secondary N) is 2. The van der Waals surface area contributed by atoms with Gasteiger partial charge in [0, 0.05) is 30.3 Å². The Balaban J connectivity index is 1.69. The molecule has 5 nitrogen and oxygen atoms in total. The molecule has 0 aliphatic rings. The van der Waals surface area contributed by atoms with Crippen LogP contribution in [0.25, 0.3) is 10.9 Å². The van der Waals surface area contributed by atoms with Crippen molar-refractivity contribution in [1.82, 2.24) is 19.9 Å². The largest absolute Gasteiger partial charge is 0.351 e. The van der Waals surface area contributed by atoms with Crippen molar-refractivity contribution in [3.63, 3.8) is 0 Å². The molecule has 6 heteroatoms. The smallest absolute Gasteiger partial charge is 0.268 e. The zero-order valence-corrected chi connectivity index (χ0v) is 14.1. The first-order valence-corrected chi connectivity index (χ1v) is 8.23. The Labute approximate surface area is 149 Å². The molecule has 26 heavy (non-hydrogen) atoms. The summed E-state index contributed by atoms with van der Waals surface area (Å²) < 4.78 is 15.1. The van der Waals surface area contributed by atoms with Gasteiger partial charge in [-0.2, -0.15) is 0 Å². The molecule has 1 atom stereocenters. The SMILES string of the molecule is Cn1ccnc1C(NC(=O)c1cc2ccccc2[nH]1)c1ccc(F)cc1. The van der Waals surface area contributed by atoms with E-state index in [0.717, 1.165) is 16.5 Å². The Morgan fingerprint density at radius 1 is 1.19 bits per heavy atom. The molecule has 0 fully saturated rings. The number of imidazole rings is 1. The average molecular weight is 348 g/mol. The van der Waals surface area contributed by atoms with E-state index in [2.05, 4.69) is 15.3 Å². The van der Waals surface area contributed by atoms with Gasteiger partial charge in [-0.1, -0.05) is 30.3 Å². The van der Waals surface area contributed by atoms with Gasteiger partial charge in [0.2, 0.25) is 0 Å². The van der Waals surface area contributed by atoms with Gasteiger partial charge in [-0.25, -0.2) is 9.37 Å². The topological polar surface area (TPSA) is 62.7 Å². The van der Waals surface area contributed by atoms with Gasteiger partial charge in [0.25, 0.3) is 5.91 Å². The van der Waals surface area contributed by atoms with Crippen molar-refractivity contribution in [2.45, 2.75) is 6.04 Å². The van der Waals surface area contributed by atoms with Crippen LogP contribution in [0.1, 0.15) is 27.9 Å². The number of nitrogens with zero attached hydrogens (tertiary/aromatic N) is 2. The van der Waals surface area contributed by atoms with Crippen LogP contribution in [0.5, 0.6) is 0 Å². The molecular formula is C20H17FN4O. The van der Waals surface area contributed by atoms with E-state index >= 15 is 0 Å². The fourth-order valence-electron chi connectivity index (χ4n) is 3.01. The van der Waals surface area contributed by atoms with Crippen molar-refractivity contribution in [2.75, 3.05) is 0 Å². The summed E-state index contributed by atoms with van der Waals surface area (Å²) in [5.41, 5.74) is 2.12. The maximum Gasteiger partial charge on any atom is 0.268 e. The van der Waals surface area contributed by atoms with Gasteiger partial charge in [0.1, 0.15) is 23.4 Å². The number of carbonyl (C=O) groups is 1. The van der Waals surface area contributed by atoms with Crippen molar-refractivity contribution in [1.29, 1.82) is 0 Å². The zero-order chi connectivity index (χ0) is 18.1. The van der Waals surface area contributed by atoms with Crippen molar-refractivity contribution in [3.8, 4) is 0 Å². The Bertz CT molecular complexity index is 1030. The minimum Gasteiger partial charge on any atom is -0.351 e. The van der Waals surface area contributed by atoms with Gasteiger partial charge in [-0.05, 0) is 29.8 Å². The standard InChI is InChI=1S/C20H17FN4O/c1-25-11-10-22-19(25)18(13-6-8-15(21)9-7-13)24-20(26)17-12-14-4-2-3-5-16(14)23-17/h2-12,18,23H,1H3,(H,24,26). The molecule has 2 heterocycles. The van der Waals surface area contributed by atoms with Crippen LogP contribution in [0.15, 0.2) is 67.0 Å². The van der Waals surface area contributed by atoms with E-state index in [1.54, 1.807) is 24.5 Å². The van der Waals surface area contributed by atoms with Crippen LogP contribution >= 0.6 is 0 Å². The summed E-state index contributed by atoms with van der Waals surface area (Å²) in [5, 5.41) is 3.96. The fraction of sp³-hybridized carbons (Fsp3) is 0.100. The number of halogens is 1. The summed E-state index contributed by atoms with van der Waals surface area (Å²) in [6.07, 6.45) is 3.47. The highest BCUT2D eigenvalue weighted by Crippen LogP contribution is 2.22. The molecule has 1 amide bonds. The van der Waals surface area contributed by atoms with Gasteiger partial charge in [0.05, 0.1) is 0 Å². The van der Waals surface area contributed by atoms with E-state index in [-0.39, 0.29) is 11.7 Å². The molecule has 130 valence electrons. The molecule has 0 saturated heterocycles. The van der Waals surface area contributed by atoms with Crippen LogP contribution in [0, 0.1) is 5.82 Å². The van der Waals surface area contributed by atoms with Crippen LogP contribution in [-0.4, -0.2) is 20.4 Å². The number of fused-ring (bicyclic) bond motifs is 1. The van der Waals surface area contributed by atoms with Crippen molar-refractivity contribution >= 4 is 16.8 Å². The minimum absolute atomic E-state index is 0.251. The maximum atomic E-state index is 13.3. The third-order valence-corrected chi connectivity index (χ3v) is 4.37. The number of rotatable bonds is 4. The second-order valence-electron chi connectivity index (χ2n) is 6.12. The number of aryl methyl sites for hydroxylation is 1. The quantitative estimate of drug-likeness (QED) is 0.592. The number of para-hydroxylation sites is 1. The summed E-state index contributed by atoms with van der Waals surface area (Å²) >= 11 is 0. The van der Waals surface area contributed by atoms with Crippen LogP contribution in [-0.2, 0) is 7.05 Å². The van der Waals surface area contributed by atoms with Crippen LogP contribution in [0.2, 0.25) is 0 Å². The molecule has 0 saturated carbocycles. The highest BCUT2D eigenvalue weighted by atomic mass is 19.1. The number of hydrogen-bond donors (Lipinski definition) is 2. The summed E-state index contributed by atoms with van der Waals surface area (Å²) in [6, 6.07) is 15.1. The summed E-state index contributed by atoms with van der Waals surface area (Å²) in [6.45, 7) is 0. The Morgan fingerprint density at radius 2 is 1.96 bits per heavy atom. The van der Waals surface area contributed by atoms with E-state index in [9.17, 15) is 9.18 Å². The highest BCUT2D eigenvalue weighted by Gasteiger charge is 2.22. The molecule has 0 aliphatic heterocycles. The molecule has 2 aromatic carbocycles. The minimum atomic E-state index is -0.491. The zero-order valence-electron chi connectivity index (χ0n) is 14.1. The van der Waals surface area contributed by atoms with E-state index in [1.165, 1.54) is 12.1 Å². The first kappa shape index (κ1) is 16.1. The lowest BCUT2D eigenvalue weighted by molar-refractivity contribution is 0.0937. The van der Waals surface area contributed by atoms with Gasteiger partial charge < -0.3 is 14.9 Å². The molecule has 1 unspecified atom stereocenters. The van der Waals surface area contributed by atoms with Gasteiger partial charge in [-0.15, -0.1) is 0 Å². The molecule has 2 N–H and O–H groups in total. The molecule has 0 radical (unpaired) electrons. The van der Waals surface area contributed by atoms with Crippen molar-refractivity contribution in [2.24, 2.45) is 7.05 Å². The number of H-pyrrole nitrogens is 1. The molecule has 2 aromatic heterocycles. The lowest BCUT2D eigenvalue weighted by atomic mass is 10.1. The molecular weight excluding hydrogens is 331 g/mol. The summed E-state index contributed by atoms with van der Waals surface area (Å²) in [4.78, 5) is 20.3. The maximum absolute atomic E-state index is 13.3. The number of hydrogen-bond acceptors (Lipinski definition) is 2. The third-order valence-electron chi connectivity index (χ3n) is 4.37. The summed E-state index contributed by atoms with van der Waals surface area (Å²) in [5.74, 6) is 0.0916. The number of carbonyl (C=O) groups excluding carboxylic acids is 1. The van der Waals surface area contributed by atoms with E-state index in [1.807, 2.05) is 41.9 Å². The predicted octanol–water partition coefficient (Wildman–Crippen LogP) is 3.56. The van der Waals surface area contributed by atoms with E-state index in [4.69, 9.17) is 0 Å². The fourth-order valence-corrected chi connectivity index (χ4v) is 3.01. The Kier molecular flexibility index (Phi) is 4.01. The lowest BCUT2D eigenvalue weighted by Crippen LogP contribution is -2.31. The van der Waals surface area contributed by atoms with Gasteiger partial charge in [0.15, 0.2) is 0 Å². The first-order valence-electron chi connectivity index (χ1n) is 8.23. The average Bonchev–Trinajstić information content (AvgIpc) is 3.26. The second kappa shape index (κ2) is 6.48. The number of aromatic nitrogens is 3. The van der Waals surface area contributed by atoms with Gasteiger partial charge in [-0.3, -0.25) is 4.79 Å². The molecule has 0 aliphatic carbocycles. The molecule has 4 aromatic rings. The van der Waals surface area contributed by atoms with Crippen molar-refractivity contribution in [3.05, 3.63) is 89.9 Å². The van der Waals surface area contributed by atoms with Crippen LogP contribution in [0.4, 0.5) is 4.39 Å². The van der Waals surface area contributed by atoms with Crippen molar-refractivity contribution < 1.29 is 9.18 Å². The lowest BCUT2D eigenvalue weighted by Gasteiger charge is -2.19. The molecule has 0 spiro atoms.